The molecule has 1 N–H and O–H groups in total. The summed E-state index contributed by atoms with van der Waals surface area (Å²) in [6.07, 6.45) is 0. The molecule has 0 aliphatic heterocycles. The summed E-state index contributed by atoms with van der Waals surface area (Å²) in [5.41, 5.74) is 4.42. The molecular formula is C21H16N6O. The second-order valence-electron chi connectivity index (χ2n) is 6.35. The van der Waals surface area contributed by atoms with Crippen molar-refractivity contribution in [2.45, 2.75) is 13.5 Å². The van der Waals surface area contributed by atoms with Crippen molar-refractivity contribution in [1.29, 1.82) is 5.26 Å². The molecule has 2 heterocycles. The summed E-state index contributed by atoms with van der Waals surface area (Å²) in [6.45, 7) is 2.20. The minimum absolute atomic E-state index is 0.168. The van der Waals surface area contributed by atoms with E-state index in [2.05, 4.69) is 20.6 Å². The summed E-state index contributed by atoms with van der Waals surface area (Å²) in [7, 11) is 0. The molecule has 0 aliphatic carbocycles. The van der Waals surface area contributed by atoms with Gasteiger partial charge in [-0.1, -0.05) is 35.9 Å². The number of aromatic nitrogens is 4. The van der Waals surface area contributed by atoms with Crippen molar-refractivity contribution in [3.63, 3.8) is 0 Å². The molecule has 7 heteroatoms. The molecule has 0 aliphatic rings. The number of nitrogens with one attached hydrogen (secondary N) is 1. The van der Waals surface area contributed by atoms with E-state index >= 15 is 0 Å². The Morgan fingerprint density at radius 3 is 2.71 bits per heavy atom. The van der Waals surface area contributed by atoms with Gasteiger partial charge in [-0.2, -0.15) is 14.9 Å². The highest BCUT2D eigenvalue weighted by Crippen LogP contribution is 2.18. The van der Waals surface area contributed by atoms with E-state index in [1.165, 1.54) is 5.56 Å². The Kier molecular flexibility index (Phi) is 4.52. The molecule has 0 fully saturated rings. The number of amides is 1. The van der Waals surface area contributed by atoms with Crippen molar-refractivity contribution in [3.8, 4) is 17.3 Å². The van der Waals surface area contributed by atoms with Crippen molar-refractivity contribution in [3.05, 3.63) is 83.2 Å². The summed E-state index contributed by atoms with van der Waals surface area (Å²) in [5, 5.41) is 24.6. The zero-order valence-corrected chi connectivity index (χ0v) is 15.1. The SMILES string of the molecule is Cc1ccc(-c2ccc3nnc(CNC(=O)c4cccc(C#N)c4)n3n2)cc1. The van der Waals surface area contributed by atoms with Crippen molar-refractivity contribution in [1.82, 2.24) is 25.1 Å². The number of fused-ring (bicyclic) bond motifs is 1. The van der Waals surface area contributed by atoms with Crippen LogP contribution in [0.15, 0.2) is 60.7 Å². The van der Waals surface area contributed by atoms with Crippen LogP contribution in [0, 0.1) is 18.3 Å². The monoisotopic (exact) mass is 368 g/mol. The Morgan fingerprint density at radius 2 is 1.93 bits per heavy atom. The number of nitrogens with zero attached hydrogens (tertiary/aromatic N) is 5. The van der Waals surface area contributed by atoms with E-state index in [0.717, 1.165) is 11.3 Å². The first-order valence-electron chi connectivity index (χ1n) is 8.71. The number of hydrogen-bond donors (Lipinski definition) is 1. The van der Waals surface area contributed by atoms with E-state index in [4.69, 9.17) is 5.26 Å². The Labute approximate surface area is 161 Å². The van der Waals surface area contributed by atoms with Crippen LogP contribution in [-0.4, -0.2) is 25.7 Å². The maximum Gasteiger partial charge on any atom is 0.251 e. The second-order valence-corrected chi connectivity index (χ2v) is 6.35. The van der Waals surface area contributed by atoms with Crippen LogP contribution >= 0.6 is 0 Å². The molecule has 0 bridgehead atoms. The summed E-state index contributed by atoms with van der Waals surface area (Å²) in [4.78, 5) is 12.4. The van der Waals surface area contributed by atoms with Gasteiger partial charge in [0, 0.05) is 11.1 Å². The van der Waals surface area contributed by atoms with Gasteiger partial charge in [-0.3, -0.25) is 4.79 Å². The van der Waals surface area contributed by atoms with Crippen LogP contribution in [0.5, 0.6) is 0 Å². The van der Waals surface area contributed by atoms with Crippen molar-refractivity contribution < 1.29 is 4.79 Å². The van der Waals surface area contributed by atoms with Crippen LogP contribution in [0.2, 0.25) is 0 Å². The van der Waals surface area contributed by atoms with E-state index in [-0.39, 0.29) is 12.5 Å². The smallest absolute Gasteiger partial charge is 0.251 e. The van der Waals surface area contributed by atoms with Gasteiger partial charge in [-0.15, -0.1) is 10.2 Å². The summed E-state index contributed by atoms with van der Waals surface area (Å²) in [5.74, 6) is 0.234. The maximum atomic E-state index is 12.4. The molecule has 0 saturated heterocycles. The van der Waals surface area contributed by atoms with E-state index in [1.54, 1.807) is 28.8 Å². The third-order valence-corrected chi connectivity index (χ3v) is 4.34. The van der Waals surface area contributed by atoms with Crippen LogP contribution in [0.1, 0.15) is 27.3 Å². The summed E-state index contributed by atoms with van der Waals surface area (Å²) >= 11 is 0. The summed E-state index contributed by atoms with van der Waals surface area (Å²) in [6, 6.07) is 20.4. The molecule has 1 amide bonds. The number of carbonyl (C=O) groups excluding carboxylic acids is 1. The molecule has 28 heavy (non-hydrogen) atoms. The second kappa shape index (κ2) is 7.29. The van der Waals surface area contributed by atoms with Crippen LogP contribution < -0.4 is 5.32 Å². The quantitative estimate of drug-likeness (QED) is 0.597. The standard InChI is InChI=1S/C21H16N6O/c1-14-5-7-16(8-6-14)18-9-10-19-24-25-20(27(19)26-18)13-23-21(28)17-4-2-3-15(11-17)12-22/h2-11H,13H2,1H3,(H,23,28). The lowest BCUT2D eigenvalue weighted by atomic mass is 10.1. The van der Waals surface area contributed by atoms with Gasteiger partial charge in [0.15, 0.2) is 11.5 Å². The Hall–Kier alpha value is -4.05. The fourth-order valence-electron chi connectivity index (χ4n) is 2.81. The largest absolute Gasteiger partial charge is 0.345 e. The van der Waals surface area contributed by atoms with Gasteiger partial charge in [-0.25, -0.2) is 0 Å². The van der Waals surface area contributed by atoms with E-state index in [9.17, 15) is 4.79 Å². The highest BCUT2D eigenvalue weighted by Gasteiger charge is 2.11. The molecular weight excluding hydrogens is 352 g/mol. The minimum atomic E-state index is -0.288. The van der Waals surface area contributed by atoms with Gasteiger partial charge in [0.2, 0.25) is 0 Å². The van der Waals surface area contributed by atoms with Gasteiger partial charge in [0.05, 0.1) is 23.9 Å². The molecule has 4 rings (SSSR count). The van der Waals surface area contributed by atoms with E-state index in [0.29, 0.717) is 22.6 Å². The number of carbonyl (C=O) groups is 1. The molecule has 0 radical (unpaired) electrons. The molecule has 0 unspecified atom stereocenters. The first kappa shape index (κ1) is 17.4. The first-order valence-corrected chi connectivity index (χ1v) is 8.71. The highest BCUT2D eigenvalue weighted by atomic mass is 16.1. The van der Waals surface area contributed by atoms with Crippen molar-refractivity contribution in [2.75, 3.05) is 0 Å². The Bertz CT molecular complexity index is 1200. The van der Waals surface area contributed by atoms with Crippen LogP contribution in [-0.2, 0) is 6.54 Å². The topological polar surface area (TPSA) is 96.0 Å². The first-order chi connectivity index (χ1) is 13.6. The number of aryl methyl sites for hydroxylation is 1. The lowest BCUT2D eigenvalue weighted by Gasteiger charge is -2.06. The fourth-order valence-corrected chi connectivity index (χ4v) is 2.81. The molecule has 0 atom stereocenters. The van der Waals surface area contributed by atoms with Gasteiger partial charge >= 0.3 is 0 Å². The number of benzene rings is 2. The van der Waals surface area contributed by atoms with E-state index in [1.807, 2.05) is 49.4 Å². The lowest BCUT2D eigenvalue weighted by molar-refractivity contribution is 0.0949. The minimum Gasteiger partial charge on any atom is -0.345 e. The van der Waals surface area contributed by atoms with Crippen molar-refractivity contribution >= 4 is 11.6 Å². The van der Waals surface area contributed by atoms with Crippen LogP contribution in [0.3, 0.4) is 0 Å². The third-order valence-electron chi connectivity index (χ3n) is 4.34. The average Bonchev–Trinajstić information content (AvgIpc) is 3.15. The zero-order valence-electron chi connectivity index (χ0n) is 15.1. The normalized spacial score (nSPS) is 10.6. The predicted octanol–water partition coefficient (Wildman–Crippen LogP) is 2.90. The van der Waals surface area contributed by atoms with Crippen molar-refractivity contribution in [2.24, 2.45) is 0 Å². The Balaban J connectivity index is 1.57. The van der Waals surface area contributed by atoms with E-state index < -0.39 is 0 Å². The predicted molar refractivity (Wildman–Crippen MR) is 103 cm³/mol. The van der Waals surface area contributed by atoms with Gasteiger partial charge < -0.3 is 5.32 Å². The molecule has 2 aromatic heterocycles. The molecule has 4 aromatic rings. The molecule has 0 spiro atoms. The number of rotatable bonds is 4. The van der Waals surface area contributed by atoms with Crippen LogP contribution in [0.4, 0.5) is 0 Å². The maximum absolute atomic E-state index is 12.4. The fraction of sp³-hybridized carbons (Fsp3) is 0.0952. The average molecular weight is 368 g/mol. The summed E-state index contributed by atoms with van der Waals surface area (Å²) < 4.78 is 1.63. The molecule has 7 nitrogen and oxygen atoms in total. The van der Waals surface area contributed by atoms with Gasteiger partial charge in [0.25, 0.3) is 5.91 Å². The molecule has 136 valence electrons. The zero-order chi connectivity index (χ0) is 19.5. The van der Waals surface area contributed by atoms with Crippen LogP contribution in [0.25, 0.3) is 16.9 Å². The number of hydrogen-bond acceptors (Lipinski definition) is 5. The highest BCUT2D eigenvalue weighted by molar-refractivity contribution is 5.94. The third kappa shape index (κ3) is 3.44. The lowest BCUT2D eigenvalue weighted by Crippen LogP contribution is -2.24. The van der Waals surface area contributed by atoms with Gasteiger partial charge in [0.1, 0.15) is 0 Å². The molecule has 2 aromatic carbocycles. The Morgan fingerprint density at radius 1 is 1.11 bits per heavy atom. The number of nitriles is 1. The molecule has 0 saturated carbocycles. The van der Waals surface area contributed by atoms with Gasteiger partial charge in [-0.05, 0) is 37.3 Å².